The first-order valence-electron chi connectivity index (χ1n) is 5.63. The zero-order chi connectivity index (χ0) is 16.0. The predicted molar refractivity (Wildman–Crippen MR) is 70.5 cm³/mol. The molecular formula is C13H11ClF3NO3. The molecule has 1 rings (SSSR count). The lowest BCUT2D eigenvalue weighted by Gasteiger charge is -2.09. The number of carbonyl (C=O) groups is 2. The molecule has 0 aliphatic carbocycles. The summed E-state index contributed by atoms with van der Waals surface area (Å²) in [4.78, 5) is 22.1. The number of nitrogens with one attached hydrogen (secondary N) is 1. The van der Waals surface area contributed by atoms with Gasteiger partial charge in [0.25, 0.3) is 0 Å². The predicted octanol–water partition coefficient (Wildman–Crippen LogP) is 2.66. The van der Waals surface area contributed by atoms with Gasteiger partial charge in [0.05, 0.1) is 17.7 Å². The first kappa shape index (κ1) is 17.0. The molecular weight excluding hydrogens is 311 g/mol. The highest BCUT2D eigenvalue weighted by Gasteiger charge is 2.33. The summed E-state index contributed by atoms with van der Waals surface area (Å²) in [5, 5.41) is 1.79. The van der Waals surface area contributed by atoms with E-state index in [1.807, 2.05) is 0 Å². The number of rotatable bonds is 4. The van der Waals surface area contributed by atoms with Gasteiger partial charge in [0.1, 0.15) is 6.54 Å². The number of amides is 1. The second-order valence-corrected chi connectivity index (χ2v) is 4.27. The summed E-state index contributed by atoms with van der Waals surface area (Å²) in [6.07, 6.45) is -2.39. The second-order valence-electron chi connectivity index (χ2n) is 3.86. The average Bonchev–Trinajstić information content (AvgIpc) is 2.42. The minimum absolute atomic E-state index is 0.153. The Morgan fingerprint density at radius 3 is 2.62 bits per heavy atom. The smallest absolute Gasteiger partial charge is 0.417 e. The molecule has 1 aromatic carbocycles. The van der Waals surface area contributed by atoms with Crippen LogP contribution in [0.3, 0.4) is 0 Å². The molecule has 1 amide bonds. The summed E-state index contributed by atoms with van der Waals surface area (Å²) in [5.74, 6) is -1.27. The van der Waals surface area contributed by atoms with Gasteiger partial charge in [-0.1, -0.05) is 17.7 Å². The van der Waals surface area contributed by atoms with E-state index in [4.69, 9.17) is 11.6 Å². The largest absolute Gasteiger partial charge is 0.468 e. The summed E-state index contributed by atoms with van der Waals surface area (Å²) >= 11 is 5.47. The molecule has 114 valence electrons. The van der Waals surface area contributed by atoms with Gasteiger partial charge in [0, 0.05) is 6.08 Å². The normalized spacial score (nSPS) is 11.5. The number of esters is 1. The van der Waals surface area contributed by atoms with Gasteiger partial charge < -0.3 is 10.1 Å². The van der Waals surface area contributed by atoms with Gasteiger partial charge in [0.15, 0.2) is 0 Å². The monoisotopic (exact) mass is 321 g/mol. The maximum atomic E-state index is 12.6. The summed E-state index contributed by atoms with van der Waals surface area (Å²) in [5.41, 5.74) is -0.832. The number of benzene rings is 1. The van der Waals surface area contributed by atoms with E-state index in [1.54, 1.807) is 0 Å². The maximum Gasteiger partial charge on any atom is 0.417 e. The highest BCUT2D eigenvalue weighted by Crippen LogP contribution is 2.35. The lowest BCUT2D eigenvalue weighted by molar-refractivity contribution is -0.140. The third kappa shape index (κ3) is 5.47. The van der Waals surface area contributed by atoms with Crippen molar-refractivity contribution in [1.82, 2.24) is 5.32 Å². The number of carbonyl (C=O) groups excluding carboxylic acids is 2. The highest BCUT2D eigenvalue weighted by atomic mass is 35.5. The molecule has 21 heavy (non-hydrogen) atoms. The second kappa shape index (κ2) is 7.12. The Morgan fingerprint density at radius 1 is 1.38 bits per heavy atom. The molecule has 1 N–H and O–H groups in total. The van der Waals surface area contributed by atoms with Crippen molar-refractivity contribution in [1.29, 1.82) is 0 Å². The standard InChI is InChI=1S/C13H11ClF3NO3/c1-21-12(20)7-18-11(19)5-3-8-2-4-10(14)9(6-8)13(15,16)17/h2-6H,7H2,1H3,(H,18,19)/b5-3+. The quantitative estimate of drug-likeness (QED) is 0.685. The number of halogens is 4. The van der Waals surface area contributed by atoms with E-state index < -0.39 is 28.6 Å². The number of ether oxygens (including phenoxy) is 1. The van der Waals surface area contributed by atoms with Crippen LogP contribution in [-0.4, -0.2) is 25.5 Å². The van der Waals surface area contributed by atoms with Gasteiger partial charge in [0.2, 0.25) is 5.91 Å². The minimum Gasteiger partial charge on any atom is -0.468 e. The van der Waals surface area contributed by atoms with Crippen LogP contribution in [0, 0.1) is 0 Å². The van der Waals surface area contributed by atoms with Crippen LogP contribution in [0.1, 0.15) is 11.1 Å². The SMILES string of the molecule is COC(=O)CNC(=O)/C=C/c1ccc(Cl)c(C(F)(F)F)c1. The summed E-state index contributed by atoms with van der Waals surface area (Å²) < 4.78 is 42.2. The molecule has 0 radical (unpaired) electrons. The number of hydrogen-bond donors (Lipinski definition) is 1. The van der Waals surface area contributed by atoms with Crippen molar-refractivity contribution in [2.45, 2.75) is 6.18 Å². The Balaban J connectivity index is 2.77. The van der Waals surface area contributed by atoms with Crippen LogP contribution in [0.2, 0.25) is 5.02 Å². The zero-order valence-corrected chi connectivity index (χ0v) is 11.6. The third-order valence-corrected chi connectivity index (χ3v) is 2.69. The van der Waals surface area contributed by atoms with E-state index in [2.05, 4.69) is 10.1 Å². The van der Waals surface area contributed by atoms with E-state index in [9.17, 15) is 22.8 Å². The first-order chi connectivity index (χ1) is 9.74. The molecule has 1 aromatic rings. The fourth-order valence-corrected chi connectivity index (χ4v) is 1.55. The van der Waals surface area contributed by atoms with Gasteiger partial charge >= 0.3 is 12.1 Å². The van der Waals surface area contributed by atoms with Crippen molar-refractivity contribution >= 4 is 29.6 Å². The fraction of sp³-hybridized carbons (Fsp3) is 0.231. The van der Waals surface area contributed by atoms with Gasteiger partial charge in [-0.2, -0.15) is 13.2 Å². The fourth-order valence-electron chi connectivity index (χ4n) is 1.33. The Bertz CT molecular complexity index is 570. The van der Waals surface area contributed by atoms with Crippen molar-refractivity contribution in [3.05, 3.63) is 40.4 Å². The van der Waals surface area contributed by atoms with Crippen LogP contribution in [0.4, 0.5) is 13.2 Å². The molecule has 0 spiro atoms. The molecule has 0 unspecified atom stereocenters. The van der Waals surface area contributed by atoms with Gasteiger partial charge in [-0.25, -0.2) is 0 Å². The van der Waals surface area contributed by atoms with Crippen LogP contribution >= 0.6 is 11.6 Å². The van der Waals surface area contributed by atoms with Crippen LogP contribution in [0.25, 0.3) is 6.08 Å². The number of methoxy groups -OCH3 is 1. The van der Waals surface area contributed by atoms with E-state index in [0.29, 0.717) is 0 Å². The minimum atomic E-state index is -4.58. The third-order valence-electron chi connectivity index (χ3n) is 2.36. The van der Waals surface area contributed by atoms with Crippen LogP contribution in [0.15, 0.2) is 24.3 Å². The van der Waals surface area contributed by atoms with Crippen LogP contribution < -0.4 is 5.32 Å². The Kier molecular flexibility index (Phi) is 5.78. The molecule has 4 nitrogen and oxygen atoms in total. The number of hydrogen-bond acceptors (Lipinski definition) is 3. The molecule has 0 bridgehead atoms. The summed E-state index contributed by atoms with van der Waals surface area (Å²) in [6, 6.07) is 3.25. The molecule has 0 saturated heterocycles. The molecule has 0 aliphatic heterocycles. The highest BCUT2D eigenvalue weighted by molar-refractivity contribution is 6.31. The summed E-state index contributed by atoms with van der Waals surface area (Å²) in [6.45, 7) is -0.325. The Morgan fingerprint density at radius 2 is 2.05 bits per heavy atom. The average molecular weight is 322 g/mol. The van der Waals surface area contributed by atoms with Gasteiger partial charge in [-0.05, 0) is 23.8 Å². The van der Waals surface area contributed by atoms with E-state index in [0.717, 1.165) is 25.3 Å². The van der Waals surface area contributed by atoms with Crippen molar-refractivity contribution < 1.29 is 27.5 Å². The maximum absolute atomic E-state index is 12.6. The topological polar surface area (TPSA) is 55.4 Å². The molecule has 0 saturated carbocycles. The Labute approximate surface area is 123 Å². The van der Waals surface area contributed by atoms with Crippen molar-refractivity contribution in [3.63, 3.8) is 0 Å². The van der Waals surface area contributed by atoms with E-state index >= 15 is 0 Å². The van der Waals surface area contributed by atoms with Crippen molar-refractivity contribution in [2.24, 2.45) is 0 Å². The molecule has 8 heteroatoms. The summed E-state index contributed by atoms with van der Waals surface area (Å²) in [7, 11) is 1.16. The van der Waals surface area contributed by atoms with E-state index in [1.165, 1.54) is 12.1 Å². The van der Waals surface area contributed by atoms with Crippen LogP contribution in [-0.2, 0) is 20.5 Å². The molecule has 0 aliphatic rings. The molecule has 0 aromatic heterocycles. The van der Waals surface area contributed by atoms with Crippen molar-refractivity contribution in [3.8, 4) is 0 Å². The molecule has 0 atom stereocenters. The lowest BCUT2D eigenvalue weighted by atomic mass is 10.1. The van der Waals surface area contributed by atoms with Gasteiger partial charge in [-0.3, -0.25) is 9.59 Å². The molecule has 0 fully saturated rings. The van der Waals surface area contributed by atoms with Crippen molar-refractivity contribution in [2.75, 3.05) is 13.7 Å². The first-order valence-corrected chi connectivity index (χ1v) is 6.01. The zero-order valence-electron chi connectivity index (χ0n) is 10.8. The lowest BCUT2D eigenvalue weighted by Crippen LogP contribution is -2.28. The van der Waals surface area contributed by atoms with Gasteiger partial charge in [-0.15, -0.1) is 0 Å². The van der Waals surface area contributed by atoms with E-state index in [-0.39, 0.29) is 12.1 Å². The number of alkyl halides is 3. The Hall–Kier alpha value is -2.02. The molecule has 0 heterocycles. The van der Waals surface area contributed by atoms with Crippen LogP contribution in [0.5, 0.6) is 0 Å².